The number of halogens is 1. The number of aromatic nitrogens is 1. The van der Waals surface area contributed by atoms with Gasteiger partial charge in [0.05, 0.1) is 17.0 Å². The third-order valence-corrected chi connectivity index (χ3v) is 8.20. The molecule has 1 N–H and O–H groups in total. The average molecular weight is 474 g/mol. The van der Waals surface area contributed by atoms with Gasteiger partial charge in [-0.3, -0.25) is 4.79 Å². The molecule has 1 unspecified atom stereocenters. The molecule has 0 spiro atoms. The molecule has 4 rings (SSSR count). The molecule has 0 aliphatic carbocycles. The predicted octanol–water partition coefficient (Wildman–Crippen LogP) is 4.55. The van der Waals surface area contributed by atoms with Crippen molar-refractivity contribution < 1.29 is 17.6 Å². The van der Waals surface area contributed by atoms with Gasteiger partial charge in [0.1, 0.15) is 10.8 Å². The SMILES string of the molecule is CC1CCCN(S(=O)(=O)c2ccc(NC(=O)Cc3csc(-c4ccc(F)cc4)n3)cc2)C1. The first kappa shape index (κ1) is 22.6. The molecule has 1 aromatic heterocycles. The smallest absolute Gasteiger partial charge is 0.243 e. The fourth-order valence-corrected chi connectivity index (χ4v) is 6.13. The highest BCUT2D eigenvalue weighted by atomic mass is 32.2. The van der Waals surface area contributed by atoms with Crippen molar-refractivity contribution >= 4 is 33.0 Å². The number of rotatable bonds is 6. The Morgan fingerprint density at radius 1 is 1.19 bits per heavy atom. The third kappa shape index (κ3) is 5.23. The Hall–Kier alpha value is -2.62. The van der Waals surface area contributed by atoms with Crippen LogP contribution in [0.3, 0.4) is 0 Å². The van der Waals surface area contributed by atoms with Crippen molar-refractivity contribution in [1.82, 2.24) is 9.29 Å². The fourth-order valence-electron chi connectivity index (χ4n) is 3.71. The van der Waals surface area contributed by atoms with E-state index in [1.54, 1.807) is 29.6 Å². The van der Waals surface area contributed by atoms with Gasteiger partial charge in [0.15, 0.2) is 0 Å². The highest BCUT2D eigenvalue weighted by Gasteiger charge is 2.28. The van der Waals surface area contributed by atoms with Gasteiger partial charge in [-0.1, -0.05) is 6.92 Å². The van der Waals surface area contributed by atoms with Gasteiger partial charge in [-0.2, -0.15) is 4.31 Å². The number of benzene rings is 2. The molecule has 32 heavy (non-hydrogen) atoms. The number of piperidine rings is 1. The zero-order valence-electron chi connectivity index (χ0n) is 17.6. The molecule has 6 nitrogen and oxygen atoms in total. The summed E-state index contributed by atoms with van der Waals surface area (Å²) in [5, 5.41) is 5.30. The summed E-state index contributed by atoms with van der Waals surface area (Å²) in [6.07, 6.45) is 2.00. The van der Waals surface area contributed by atoms with Crippen molar-refractivity contribution in [1.29, 1.82) is 0 Å². The summed E-state index contributed by atoms with van der Waals surface area (Å²) in [6.45, 7) is 3.14. The topological polar surface area (TPSA) is 79.4 Å². The molecule has 2 heterocycles. The first-order valence-electron chi connectivity index (χ1n) is 10.4. The monoisotopic (exact) mass is 473 g/mol. The van der Waals surface area contributed by atoms with Gasteiger partial charge in [-0.25, -0.2) is 17.8 Å². The summed E-state index contributed by atoms with van der Waals surface area (Å²) in [7, 11) is -3.53. The number of carbonyl (C=O) groups excluding carboxylic acids is 1. The lowest BCUT2D eigenvalue weighted by atomic mass is 10.0. The van der Waals surface area contributed by atoms with Crippen molar-refractivity contribution in [2.75, 3.05) is 18.4 Å². The molecule has 1 atom stereocenters. The van der Waals surface area contributed by atoms with E-state index < -0.39 is 10.0 Å². The van der Waals surface area contributed by atoms with E-state index in [4.69, 9.17) is 0 Å². The number of hydrogen-bond acceptors (Lipinski definition) is 5. The van der Waals surface area contributed by atoms with Crippen molar-refractivity contribution in [3.63, 3.8) is 0 Å². The van der Waals surface area contributed by atoms with Gasteiger partial charge in [-0.05, 0) is 67.3 Å². The molecule has 168 valence electrons. The van der Waals surface area contributed by atoms with Gasteiger partial charge in [0.25, 0.3) is 0 Å². The van der Waals surface area contributed by atoms with E-state index in [1.165, 1.54) is 39.9 Å². The summed E-state index contributed by atoms with van der Waals surface area (Å²) in [5.41, 5.74) is 1.93. The molecule has 1 amide bonds. The zero-order valence-corrected chi connectivity index (χ0v) is 19.3. The fraction of sp³-hybridized carbons (Fsp3) is 0.304. The maximum atomic E-state index is 13.1. The van der Waals surface area contributed by atoms with Crippen LogP contribution in [-0.2, 0) is 21.2 Å². The van der Waals surface area contributed by atoms with Crippen LogP contribution in [0.5, 0.6) is 0 Å². The van der Waals surface area contributed by atoms with Crippen molar-refractivity contribution in [3.8, 4) is 10.6 Å². The molecule has 1 fully saturated rings. The molecule has 2 aromatic carbocycles. The Bertz CT molecular complexity index is 1190. The summed E-state index contributed by atoms with van der Waals surface area (Å²) >= 11 is 1.39. The summed E-state index contributed by atoms with van der Waals surface area (Å²) in [5.74, 6) is -0.206. The molecule has 3 aromatic rings. The lowest BCUT2D eigenvalue weighted by molar-refractivity contribution is -0.115. The molecule has 0 bridgehead atoms. The minimum atomic E-state index is -3.53. The van der Waals surface area contributed by atoms with Crippen LogP contribution >= 0.6 is 11.3 Å². The number of amides is 1. The Kier molecular flexibility index (Phi) is 6.68. The number of hydrogen-bond donors (Lipinski definition) is 1. The Balaban J connectivity index is 1.37. The molecule has 0 radical (unpaired) electrons. The number of anilines is 1. The predicted molar refractivity (Wildman–Crippen MR) is 123 cm³/mol. The van der Waals surface area contributed by atoms with Gasteiger partial charge >= 0.3 is 0 Å². The van der Waals surface area contributed by atoms with Crippen molar-refractivity contribution in [2.45, 2.75) is 31.1 Å². The molecular formula is C23H24FN3O3S2. The summed E-state index contributed by atoms with van der Waals surface area (Å²) in [4.78, 5) is 17.1. The largest absolute Gasteiger partial charge is 0.326 e. The zero-order chi connectivity index (χ0) is 22.7. The van der Waals surface area contributed by atoms with Gasteiger partial charge in [0, 0.05) is 29.7 Å². The first-order chi connectivity index (χ1) is 15.3. The Morgan fingerprint density at radius 2 is 1.91 bits per heavy atom. The van der Waals surface area contributed by atoms with E-state index >= 15 is 0 Å². The molecule has 9 heteroatoms. The number of thiazole rings is 1. The Morgan fingerprint density at radius 3 is 2.59 bits per heavy atom. The number of carbonyl (C=O) groups is 1. The van der Waals surface area contributed by atoms with E-state index in [-0.39, 0.29) is 23.0 Å². The minimum absolute atomic E-state index is 0.0867. The van der Waals surface area contributed by atoms with E-state index in [0.29, 0.717) is 30.4 Å². The maximum absolute atomic E-state index is 13.1. The van der Waals surface area contributed by atoms with Crippen LogP contribution in [0.1, 0.15) is 25.5 Å². The third-order valence-electron chi connectivity index (χ3n) is 5.38. The van der Waals surface area contributed by atoms with E-state index in [9.17, 15) is 17.6 Å². The van der Waals surface area contributed by atoms with Crippen molar-refractivity contribution in [3.05, 3.63) is 65.4 Å². The van der Waals surface area contributed by atoms with Crippen LogP contribution < -0.4 is 5.32 Å². The second-order valence-electron chi connectivity index (χ2n) is 8.01. The van der Waals surface area contributed by atoms with E-state index in [1.807, 2.05) is 0 Å². The van der Waals surface area contributed by atoms with Crippen LogP contribution in [0.25, 0.3) is 10.6 Å². The van der Waals surface area contributed by atoms with Crippen LogP contribution in [0.2, 0.25) is 0 Å². The first-order valence-corrected chi connectivity index (χ1v) is 12.7. The van der Waals surface area contributed by atoms with Crippen LogP contribution in [0.4, 0.5) is 10.1 Å². The van der Waals surface area contributed by atoms with E-state index in [2.05, 4.69) is 17.2 Å². The van der Waals surface area contributed by atoms with Gasteiger partial charge < -0.3 is 5.32 Å². The summed E-state index contributed by atoms with van der Waals surface area (Å²) < 4.78 is 40.3. The van der Waals surface area contributed by atoms with Gasteiger partial charge in [-0.15, -0.1) is 11.3 Å². The number of nitrogens with zero attached hydrogens (tertiary/aromatic N) is 2. The average Bonchev–Trinajstić information content (AvgIpc) is 3.23. The summed E-state index contributed by atoms with van der Waals surface area (Å²) in [6, 6.07) is 12.3. The van der Waals surface area contributed by atoms with E-state index in [0.717, 1.165) is 23.4 Å². The van der Waals surface area contributed by atoms with Crippen LogP contribution in [0, 0.1) is 11.7 Å². The minimum Gasteiger partial charge on any atom is -0.326 e. The second kappa shape index (κ2) is 9.48. The highest BCUT2D eigenvalue weighted by Crippen LogP contribution is 2.26. The standard InChI is InChI=1S/C23H24FN3O3S2/c1-16-3-2-12-27(14-16)32(29,30)21-10-8-19(9-11-21)25-22(28)13-20-15-31-23(26-20)17-4-6-18(24)7-5-17/h4-11,15-16H,2-3,12-14H2,1H3,(H,25,28). The highest BCUT2D eigenvalue weighted by molar-refractivity contribution is 7.89. The van der Waals surface area contributed by atoms with Gasteiger partial charge in [0.2, 0.25) is 15.9 Å². The van der Waals surface area contributed by atoms with Crippen LogP contribution in [0.15, 0.2) is 58.8 Å². The second-order valence-corrected chi connectivity index (χ2v) is 10.8. The van der Waals surface area contributed by atoms with Crippen LogP contribution in [-0.4, -0.2) is 36.7 Å². The molecule has 0 saturated carbocycles. The lowest BCUT2D eigenvalue weighted by Crippen LogP contribution is -2.39. The maximum Gasteiger partial charge on any atom is 0.243 e. The quantitative estimate of drug-likeness (QED) is 0.570. The normalized spacial score (nSPS) is 17.2. The number of sulfonamides is 1. The molecular weight excluding hydrogens is 449 g/mol. The molecule has 1 aliphatic rings. The Labute approximate surface area is 191 Å². The molecule has 1 aliphatic heterocycles. The number of nitrogens with one attached hydrogen (secondary N) is 1. The van der Waals surface area contributed by atoms with Crippen molar-refractivity contribution in [2.24, 2.45) is 5.92 Å². The molecule has 1 saturated heterocycles. The lowest BCUT2D eigenvalue weighted by Gasteiger charge is -2.30.